The third-order valence-electron chi connectivity index (χ3n) is 4.67. The third kappa shape index (κ3) is 9.20. The number of unbranched alkanes of at least 4 members (excludes halogenated alkanes) is 1. The molecule has 0 rings (SSSR count). The van der Waals surface area contributed by atoms with Crippen molar-refractivity contribution in [1.29, 1.82) is 0 Å². The Hall–Kier alpha value is -0.0151. The van der Waals surface area contributed by atoms with Crippen molar-refractivity contribution in [2.45, 2.75) is 106 Å². The van der Waals surface area contributed by atoms with Gasteiger partial charge in [-0.1, -0.05) is 74.7 Å². The van der Waals surface area contributed by atoms with Crippen molar-refractivity contribution in [3.63, 3.8) is 0 Å². The first-order valence-electron chi connectivity index (χ1n) is 9.22. The van der Waals surface area contributed by atoms with Crippen LogP contribution in [0, 0.1) is 16.7 Å². The molecule has 2 unspecified atom stereocenters. The lowest BCUT2D eigenvalue weighted by molar-refractivity contribution is 0.0740. The molecular formula is C19H41BO2. The molecule has 0 aliphatic carbocycles. The van der Waals surface area contributed by atoms with Gasteiger partial charge in [0.15, 0.2) is 0 Å². The molecule has 132 valence electrons. The zero-order valence-corrected chi connectivity index (χ0v) is 16.7. The smallest absolute Gasteiger partial charge is 0.427 e. The topological polar surface area (TPSA) is 29.5 Å². The van der Waals surface area contributed by atoms with Crippen molar-refractivity contribution in [2.75, 3.05) is 0 Å². The molecule has 0 aromatic rings. The molecule has 3 heteroatoms. The van der Waals surface area contributed by atoms with Crippen LogP contribution in [0.15, 0.2) is 0 Å². The van der Waals surface area contributed by atoms with E-state index in [1.165, 1.54) is 12.8 Å². The fourth-order valence-electron chi connectivity index (χ4n) is 3.23. The van der Waals surface area contributed by atoms with E-state index in [4.69, 9.17) is 4.65 Å². The molecule has 0 aliphatic rings. The molecule has 0 aromatic heterocycles. The van der Waals surface area contributed by atoms with Crippen LogP contribution in [0.5, 0.6) is 0 Å². The quantitative estimate of drug-likeness (QED) is 0.506. The van der Waals surface area contributed by atoms with Gasteiger partial charge < -0.3 is 9.68 Å². The summed E-state index contributed by atoms with van der Waals surface area (Å²) in [4.78, 5) is 0. The van der Waals surface area contributed by atoms with E-state index in [-0.39, 0.29) is 22.8 Å². The van der Waals surface area contributed by atoms with Crippen LogP contribution >= 0.6 is 0 Å². The van der Waals surface area contributed by atoms with Crippen molar-refractivity contribution < 1.29 is 9.68 Å². The van der Waals surface area contributed by atoms with Crippen LogP contribution in [0.1, 0.15) is 94.4 Å². The van der Waals surface area contributed by atoms with Gasteiger partial charge in [0.1, 0.15) is 0 Å². The van der Waals surface area contributed by atoms with Gasteiger partial charge in [0.25, 0.3) is 0 Å². The fourth-order valence-corrected chi connectivity index (χ4v) is 3.23. The van der Waals surface area contributed by atoms with E-state index in [1.807, 2.05) is 0 Å². The van der Waals surface area contributed by atoms with Crippen LogP contribution in [0.25, 0.3) is 0 Å². The van der Waals surface area contributed by atoms with E-state index < -0.39 is 7.12 Å². The van der Waals surface area contributed by atoms with Gasteiger partial charge in [-0.3, -0.25) is 0 Å². The highest BCUT2D eigenvalue weighted by Gasteiger charge is 2.35. The molecule has 2 nitrogen and oxygen atoms in total. The Morgan fingerprint density at radius 2 is 1.55 bits per heavy atom. The van der Waals surface area contributed by atoms with Crippen molar-refractivity contribution in [2.24, 2.45) is 16.7 Å². The van der Waals surface area contributed by atoms with E-state index in [0.717, 1.165) is 19.3 Å². The first-order valence-corrected chi connectivity index (χ1v) is 9.22. The Labute approximate surface area is 140 Å². The van der Waals surface area contributed by atoms with E-state index in [2.05, 4.69) is 62.3 Å². The Bertz CT molecular complexity index is 294. The largest absolute Gasteiger partial charge is 0.457 e. The summed E-state index contributed by atoms with van der Waals surface area (Å²) in [5, 5.41) is 10.6. The van der Waals surface area contributed by atoms with Gasteiger partial charge in [-0.05, 0) is 42.3 Å². The summed E-state index contributed by atoms with van der Waals surface area (Å²) in [6.07, 6.45) is 5.66. The monoisotopic (exact) mass is 312 g/mol. The Kier molecular flexibility index (Phi) is 9.32. The van der Waals surface area contributed by atoms with E-state index in [9.17, 15) is 5.02 Å². The fraction of sp³-hybridized carbons (Fsp3) is 1.00. The summed E-state index contributed by atoms with van der Waals surface area (Å²) in [5.41, 5.74) is 0.311. The van der Waals surface area contributed by atoms with Crippen LogP contribution in [0.4, 0.5) is 0 Å². The van der Waals surface area contributed by atoms with Crippen LogP contribution < -0.4 is 0 Å². The van der Waals surface area contributed by atoms with E-state index in [1.54, 1.807) is 0 Å². The first kappa shape index (κ1) is 22.0. The molecule has 0 radical (unpaired) electrons. The minimum absolute atomic E-state index is 0.0554. The highest BCUT2D eigenvalue weighted by atomic mass is 16.5. The first-order chi connectivity index (χ1) is 9.89. The summed E-state index contributed by atoms with van der Waals surface area (Å²) in [7, 11) is -0.646. The zero-order chi connectivity index (χ0) is 17.6. The molecule has 2 atom stereocenters. The molecule has 0 heterocycles. The summed E-state index contributed by atoms with van der Waals surface area (Å²) in [6, 6.07) is 0. The summed E-state index contributed by atoms with van der Waals surface area (Å²) in [5.74, 6) is 0.923. The predicted molar refractivity (Wildman–Crippen MR) is 99.1 cm³/mol. The summed E-state index contributed by atoms with van der Waals surface area (Å²) in [6.45, 7) is 20.0. The molecule has 0 bridgehead atoms. The average Bonchev–Trinajstić information content (AvgIpc) is 2.31. The Morgan fingerprint density at radius 1 is 1.00 bits per heavy atom. The SMILES string of the molecule is CCCCC(CC(C)(C)CC(C)C)B(O)OC(C)C(C)(C)C. The van der Waals surface area contributed by atoms with Crippen LogP contribution in [0.2, 0.25) is 5.82 Å². The molecule has 0 amide bonds. The third-order valence-corrected chi connectivity index (χ3v) is 4.67. The normalized spacial score (nSPS) is 16.0. The van der Waals surface area contributed by atoms with Crippen LogP contribution in [-0.2, 0) is 4.65 Å². The predicted octanol–water partition coefficient (Wildman–Crippen LogP) is 5.94. The van der Waals surface area contributed by atoms with Gasteiger partial charge in [0.2, 0.25) is 0 Å². The molecule has 0 saturated carbocycles. The maximum Gasteiger partial charge on any atom is 0.457 e. The van der Waals surface area contributed by atoms with Gasteiger partial charge >= 0.3 is 7.12 Å². The number of hydrogen-bond acceptors (Lipinski definition) is 2. The van der Waals surface area contributed by atoms with E-state index >= 15 is 0 Å². The molecule has 0 aromatic carbocycles. The van der Waals surface area contributed by atoms with Crippen molar-refractivity contribution in [1.82, 2.24) is 0 Å². The van der Waals surface area contributed by atoms with Gasteiger partial charge in [0.05, 0.1) is 0 Å². The lowest BCUT2D eigenvalue weighted by Crippen LogP contribution is -2.37. The molecule has 1 N–H and O–H groups in total. The molecule has 22 heavy (non-hydrogen) atoms. The van der Waals surface area contributed by atoms with Crippen LogP contribution in [-0.4, -0.2) is 18.2 Å². The molecule has 0 fully saturated rings. The van der Waals surface area contributed by atoms with Crippen molar-refractivity contribution >= 4 is 7.12 Å². The molecule has 0 saturated heterocycles. The van der Waals surface area contributed by atoms with Gasteiger partial charge in [0, 0.05) is 6.10 Å². The molecular weight excluding hydrogens is 271 g/mol. The second kappa shape index (κ2) is 9.32. The van der Waals surface area contributed by atoms with Gasteiger partial charge in [-0.25, -0.2) is 0 Å². The minimum atomic E-state index is -0.646. The number of rotatable bonds is 10. The average molecular weight is 312 g/mol. The molecule has 0 aliphatic heterocycles. The van der Waals surface area contributed by atoms with Gasteiger partial charge in [-0.2, -0.15) is 0 Å². The van der Waals surface area contributed by atoms with Crippen molar-refractivity contribution in [3.05, 3.63) is 0 Å². The van der Waals surface area contributed by atoms with Crippen molar-refractivity contribution in [3.8, 4) is 0 Å². The number of hydrogen-bond donors (Lipinski definition) is 1. The highest BCUT2D eigenvalue weighted by molar-refractivity contribution is 6.44. The van der Waals surface area contributed by atoms with Gasteiger partial charge in [-0.15, -0.1) is 0 Å². The summed E-state index contributed by atoms with van der Waals surface area (Å²) < 4.78 is 5.98. The highest BCUT2D eigenvalue weighted by Crippen LogP contribution is 2.39. The van der Waals surface area contributed by atoms with E-state index in [0.29, 0.717) is 5.92 Å². The summed E-state index contributed by atoms with van der Waals surface area (Å²) >= 11 is 0. The zero-order valence-electron chi connectivity index (χ0n) is 16.7. The maximum atomic E-state index is 10.6. The lowest BCUT2D eigenvalue weighted by Gasteiger charge is -2.35. The second-order valence-electron chi connectivity index (χ2n) is 9.40. The Balaban J connectivity index is 4.81. The standard InChI is InChI=1S/C19H41BO2/c1-10-11-12-17(14-19(8,9)13-15(2)3)20(21)22-16(4)18(5,6)7/h15-17,21H,10-14H2,1-9H3. The maximum absolute atomic E-state index is 10.6. The Morgan fingerprint density at radius 3 is 1.95 bits per heavy atom. The minimum Gasteiger partial charge on any atom is -0.427 e. The van der Waals surface area contributed by atoms with Crippen LogP contribution in [0.3, 0.4) is 0 Å². The second-order valence-corrected chi connectivity index (χ2v) is 9.40. The molecule has 0 spiro atoms. The lowest BCUT2D eigenvalue weighted by atomic mass is 9.61.